The number of rotatable bonds is 7. The van der Waals surface area contributed by atoms with Crippen LogP contribution in [0.25, 0.3) is 0 Å². The molecule has 0 saturated carbocycles. The average Bonchev–Trinajstić information content (AvgIpc) is 2.14. The largest absolute Gasteiger partial charge is 0.486 e. The third-order valence-corrected chi connectivity index (χ3v) is 2.28. The summed E-state index contributed by atoms with van der Waals surface area (Å²) in [5.41, 5.74) is 1.22. The molecule has 0 aliphatic carbocycles. The molecule has 0 spiro atoms. The molecule has 0 bridgehead atoms. The van der Waals surface area contributed by atoms with Gasteiger partial charge in [0, 0.05) is 12.2 Å². The molecule has 0 rings (SSSR count). The Morgan fingerprint density at radius 3 is 1.81 bits per heavy atom. The molecular weight excluding hydrogens is 199 g/mol. The summed E-state index contributed by atoms with van der Waals surface area (Å²) >= 11 is 0. The molecule has 0 aromatic rings. The number of allylic oxidation sites excluding steroid dienone is 2. The molecule has 0 amide bonds. The van der Waals surface area contributed by atoms with Crippen LogP contribution in [-0.4, -0.2) is 19.3 Å². The van der Waals surface area contributed by atoms with Crippen molar-refractivity contribution in [2.75, 3.05) is 0 Å². The van der Waals surface area contributed by atoms with Crippen molar-refractivity contribution < 1.29 is 9.31 Å². The lowest BCUT2D eigenvalue weighted by atomic mass is 9.83. The van der Waals surface area contributed by atoms with Gasteiger partial charge in [-0.3, -0.25) is 0 Å². The molecular formula is C13H25BO2. The van der Waals surface area contributed by atoms with Crippen LogP contribution in [0, 0.1) is 5.92 Å². The van der Waals surface area contributed by atoms with E-state index in [0.29, 0.717) is 5.92 Å². The molecule has 0 aromatic carbocycles. The van der Waals surface area contributed by atoms with E-state index in [-0.39, 0.29) is 19.3 Å². The van der Waals surface area contributed by atoms with Gasteiger partial charge in [-0.15, -0.1) is 6.58 Å². The summed E-state index contributed by atoms with van der Waals surface area (Å²) in [6, 6.07) is 0. The monoisotopic (exact) mass is 224 g/mol. The summed E-state index contributed by atoms with van der Waals surface area (Å²) in [4.78, 5) is 0. The minimum atomic E-state index is -0.262. The molecule has 16 heavy (non-hydrogen) atoms. The van der Waals surface area contributed by atoms with Crippen LogP contribution >= 0.6 is 0 Å². The van der Waals surface area contributed by atoms with Gasteiger partial charge in [-0.25, -0.2) is 0 Å². The van der Waals surface area contributed by atoms with Crippen LogP contribution < -0.4 is 0 Å². The minimum absolute atomic E-state index is 0.159. The SMILES string of the molecule is C=CC(C)/C(C)=C/B(OC(C)C)OC(C)C. The summed E-state index contributed by atoms with van der Waals surface area (Å²) in [5, 5.41) is 0. The average molecular weight is 224 g/mol. The van der Waals surface area contributed by atoms with E-state index < -0.39 is 0 Å². The third-order valence-electron chi connectivity index (χ3n) is 2.28. The maximum absolute atomic E-state index is 5.69. The van der Waals surface area contributed by atoms with Crippen LogP contribution in [0.5, 0.6) is 0 Å². The van der Waals surface area contributed by atoms with Gasteiger partial charge >= 0.3 is 7.12 Å². The van der Waals surface area contributed by atoms with Gasteiger partial charge in [0.15, 0.2) is 0 Å². The Bertz CT molecular complexity index is 224. The summed E-state index contributed by atoms with van der Waals surface area (Å²) in [6.07, 6.45) is 2.24. The van der Waals surface area contributed by atoms with Crippen molar-refractivity contribution in [3.05, 3.63) is 24.2 Å². The first kappa shape index (κ1) is 15.5. The molecule has 92 valence electrons. The van der Waals surface area contributed by atoms with Gasteiger partial charge in [-0.05, 0) is 40.5 Å². The molecule has 0 aliphatic rings. The molecule has 3 heteroatoms. The van der Waals surface area contributed by atoms with Crippen molar-refractivity contribution in [2.45, 2.75) is 53.8 Å². The second-order valence-electron chi connectivity index (χ2n) is 4.67. The minimum Gasteiger partial charge on any atom is -0.405 e. The number of hydrogen-bond donors (Lipinski definition) is 0. The predicted octanol–water partition coefficient (Wildman–Crippen LogP) is 3.63. The molecule has 1 atom stereocenters. The highest BCUT2D eigenvalue weighted by atomic mass is 16.6. The fraction of sp³-hybridized carbons (Fsp3) is 0.692. The van der Waals surface area contributed by atoms with Crippen molar-refractivity contribution in [1.29, 1.82) is 0 Å². The quantitative estimate of drug-likeness (QED) is 0.485. The van der Waals surface area contributed by atoms with E-state index in [0.717, 1.165) is 0 Å². The van der Waals surface area contributed by atoms with Crippen LogP contribution in [-0.2, 0) is 9.31 Å². The third kappa shape index (κ3) is 6.86. The lowest BCUT2D eigenvalue weighted by Crippen LogP contribution is -2.28. The van der Waals surface area contributed by atoms with E-state index in [4.69, 9.17) is 9.31 Å². The van der Waals surface area contributed by atoms with Crippen molar-refractivity contribution in [2.24, 2.45) is 5.92 Å². The van der Waals surface area contributed by atoms with Crippen LogP contribution in [0.3, 0.4) is 0 Å². The predicted molar refractivity (Wildman–Crippen MR) is 71.3 cm³/mol. The van der Waals surface area contributed by atoms with Gasteiger partial charge in [0.2, 0.25) is 0 Å². The zero-order valence-electron chi connectivity index (χ0n) is 11.5. The Morgan fingerprint density at radius 1 is 1.06 bits per heavy atom. The second-order valence-corrected chi connectivity index (χ2v) is 4.67. The van der Waals surface area contributed by atoms with Gasteiger partial charge in [0.1, 0.15) is 0 Å². The Balaban J connectivity index is 4.56. The molecule has 0 saturated heterocycles. The zero-order valence-corrected chi connectivity index (χ0v) is 11.5. The first-order valence-corrected chi connectivity index (χ1v) is 5.98. The molecule has 0 aromatic heterocycles. The van der Waals surface area contributed by atoms with Crippen LogP contribution in [0.2, 0.25) is 0 Å². The van der Waals surface area contributed by atoms with E-state index in [1.54, 1.807) is 0 Å². The molecule has 0 heterocycles. The Hall–Kier alpha value is -0.535. The van der Waals surface area contributed by atoms with E-state index in [9.17, 15) is 0 Å². The van der Waals surface area contributed by atoms with Crippen LogP contribution in [0.4, 0.5) is 0 Å². The number of hydrogen-bond acceptors (Lipinski definition) is 2. The van der Waals surface area contributed by atoms with Crippen molar-refractivity contribution >= 4 is 7.12 Å². The van der Waals surface area contributed by atoms with Crippen LogP contribution in [0.15, 0.2) is 24.2 Å². The Morgan fingerprint density at radius 2 is 1.50 bits per heavy atom. The summed E-state index contributed by atoms with van der Waals surface area (Å²) < 4.78 is 11.4. The Labute approximate surface area is 101 Å². The van der Waals surface area contributed by atoms with E-state index in [1.165, 1.54) is 5.57 Å². The summed E-state index contributed by atoms with van der Waals surface area (Å²) in [5.74, 6) is 2.39. The van der Waals surface area contributed by atoms with E-state index in [2.05, 4.69) is 20.4 Å². The lowest BCUT2D eigenvalue weighted by molar-refractivity contribution is 0.138. The maximum atomic E-state index is 5.69. The van der Waals surface area contributed by atoms with Gasteiger partial charge in [-0.1, -0.05) is 24.5 Å². The van der Waals surface area contributed by atoms with Gasteiger partial charge in [0.05, 0.1) is 0 Å². The van der Waals surface area contributed by atoms with Gasteiger partial charge in [-0.2, -0.15) is 0 Å². The van der Waals surface area contributed by atoms with Crippen molar-refractivity contribution in [3.63, 3.8) is 0 Å². The van der Waals surface area contributed by atoms with Crippen molar-refractivity contribution in [1.82, 2.24) is 0 Å². The van der Waals surface area contributed by atoms with E-state index in [1.807, 2.05) is 39.7 Å². The maximum Gasteiger partial charge on any atom is 0.486 e. The van der Waals surface area contributed by atoms with E-state index >= 15 is 0 Å². The zero-order chi connectivity index (χ0) is 12.7. The second kappa shape index (κ2) is 7.69. The first-order valence-electron chi connectivity index (χ1n) is 5.98. The first-order chi connectivity index (χ1) is 7.36. The summed E-state index contributed by atoms with van der Waals surface area (Å²) in [7, 11) is -0.262. The fourth-order valence-electron chi connectivity index (χ4n) is 1.20. The Kier molecular flexibility index (Phi) is 7.43. The molecule has 0 radical (unpaired) electrons. The van der Waals surface area contributed by atoms with Gasteiger partial charge in [0.25, 0.3) is 0 Å². The van der Waals surface area contributed by atoms with Gasteiger partial charge < -0.3 is 9.31 Å². The highest BCUT2D eigenvalue weighted by Gasteiger charge is 2.19. The molecule has 0 N–H and O–H groups in total. The standard InChI is InChI=1S/C13H25BO2/c1-8-12(6)13(7)9-14(15-10(2)3)16-11(4)5/h8-12H,1H2,2-7H3/b13-9+. The summed E-state index contributed by atoms with van der Waals surface area (Å²) in [6.45, 7) is 16.0. The molecule has 0 aliphatic heterocycles. The smallest absolute Gasteiger partial charge is 0.405 e. The van der Waals surface area contributed by atoms with Crippen molar-refractivity contribution in [3.8, 4) is 0 Å². The lowest BCUT2D eigenvalue weighted by Gasteiger charge is -2.18. The topological polar surface area (TPSA) is 18.5 Å². The van der Waals surface area contributed by atoms with Crippen LogP contribution in [0.1, 0.15) is 41.5 Å². The normalized spacial score (nSPS) is 14.4. The highest BCUT2D eigenvalue weighted by Crippen LogP contribution is 2.13. The highest BCUT2D eigenvalue weighted by molar-refractivity contribution is 6.51. The molecule has 2 nitrogen and oxygen atoms in total. The molecule has 1 unspecified atom stereocenters. The fourth-order valence-corrected chi connectivity index (χ4v) is 1.20. The molecule has 0 fully saturated rings.